The van der Waals surface area contributed by atoms with Crippen molar-refractivity contribution in [1.82, 2.24) is 8.97 Å². The maximum absolute atomic E-state index is 6.58. The highest BCUT2D eigenvalue weighted by Crippen LogP contribution is 2.51. The largest absolute Gasteiger partial charge is 0.456 e. The van der Waals surface area contributed by atoms with Gasteiger partial charge in [-0.2, -0.15) is 0 Å². The first-order chi connectivity index (χ1) is 24.3. The second-order valence-electron chi connectivity index (χ2n) is 13.2. The molecule has 1 atom stereocenters. The Bertz CT molecular complexity index is 3130. The van der Waals surface area contributed by atoms with Crippen LogP contribution in [0.4, 0.5) is 11.5 Å². The van der Waals surface area contributed by atoms with E-state index in [1.54, 1.807) is 0 Å². The zero-order valence-corrected chi connectivity index (χ0v) is 26.2. The molecular weight excluding hydrogens is 601 g/mol. The van der Waals surface area contributed by atoms with Crippen molar-refractivity contribution >= 4 is 88.2 Å². The number of hydrogen-bond donors (Lipinski definition) is 1. The van der Waals surface area contributed by atoms with Gasteiger partial charge in [0.15, 0.2) is 5.82 Å². The summed E-state index contributed by atoms with van der Waals surface area (Å²) in [6.07, 6.45) is 8.43. The Labute approximate surface area is 279 Å². The fourth-order valence-corrected chi connectivity index (χ4v) is 8.62. The monoisotopic (exact) mass is 626 g/mol. The number of fused-ring (bicyclic) bond motifs is 14. The van der Waals surface area contributed by atoms with Crippen LogP contribution < -0.4 is 5.32 Å². The number of benzene rings is 6. The van der Waals surface area contributed by atoms with Gasteiger partial charge in [-0.15, -0.1) is 0 Å². The molecule has 1 N–H and O–H groups in total. The van der Waals surface area contributed by atoms with Crippen LogP contribution in [0.2, 0.25) is 0 Å². The fraction of sp³-hybridized carbons (Fsp3) is 0.0227. The minimum Gasteiger partial charge on any atom is -0.456 e. The van der Waals surface area contributed by atoms with E-state index in [1.807, 2.05) is 6.07 Å². The lowest BCUT2D eigenvalue weighted by Gasteiger charge is -2.23. The van der Waals surface area contributed by atoms with Crippen LogP contribution in [0.15, 0.2) is 155 Å². The Morgan fingerprint density at radius 3 is 2.39 bits per heavy atom. The molecule has 49 heavy (non-hydrogen) atoms. The third-order valence-electron chi connectivity index (χ3n) is 10.6. The Morgan fingerprint density at radius 2 is 1.45 bits per heavy atom. The molecule has 0 saturated heterocycles. The minimum atomic E-state index is 0.0458. The van der Waals surface area contributed by atoms with E-state index in [9.17, 15) is 0 Å². The van der Waals surface area contributed by atoms with Gasteiger partial charge < -0.3 is 14.3 Å². The molecule has 12 rings (SSSR count). The molecule has 10 aromatic rings. The average molecular weight is 627 g/mol. The van der Waals surface area contributed by atoms with E-state index in [2.05, 4.69) is 154 Å². The van der Waals surface area contributed by atoms with Gasteiger partial charge in [0.2, 0.25) is 0 Å². The van der Waals surface area contributed by atoms with Gasteiger partial charge in [0.05, 0.1) is 39.5 Å². The van der Waals surface area contributed by atoms with Crippen molar-refractivity contribution in [2.24, 2.45) is 4.99 Å². The Hall–Kier alpha value is -6.59. The molecule has 0 amide bonds. The topological polar surface area (TPSA) is 46.9 Å². The molecule has 0 spiro atoms. The highest BCUT2D eigenvalue weighted by atomic mass is 16.3. The number of hydrogen-bond acceptors (Lipinski definition) is 3. The number of rotatable bonds is 2. The number of para-hydroxylation sites is 4. The van der Waals surface area contributed by atoms with Gasteiger partial charge in [0.25, 0.3) is 0 Å². The van der Waals surface area contributed by atoms with E-state index in [0.29, 0.717) is 0 Å². The lowest BCUT2D eigenvalue weighted by atomic mass is 9.97. The fourth-order valence-electron chi connectivity index (χ4n) is 8.62. The second-order valence-corrected chi connectivity index (χ2v) is 13.2. The average Bonchev–Trinajstić information content (AvgIpc) is 3.89. The number of aromatic nitrogens is 2. The molecule has 0 saturated carbocycles. The van der Waals surface area contributed by atoms with E-state index >= 15 is 0 Å². The summed E-state index contributed by atoms with van der Waals surface area (Å²) >= 11 is 0. The highest BCUT2D eigenvalue weighted by Gasteiger charge is 2.30. The van der Waals surface area contributed by atoms with Gasteiger partial charge in [-0.05, 0) is 54.1 Å². The zero-order chi connectivity index (χ0) is 31.8. The normalized spacial score (nSPS) is 15.7. The van der Waals surface area contributed by atoms with Gasteiger partial charge in [0, 0.05) is 49.0 Å². The summed E-state index contributed by atoms with van der Waals surface area (Å²) in [4.78, 5) is 5.28. The lowest BCUT2D eigenvalue weighted by Crippen LogP contribution is -2.29. The summed E-state index contributed by atoms with van der Waals surface area (Å²) < 4.78 is 11.4. The van der Waals surface area contributed by atoms with Crippen LogP contribution >= 0.6 is 0 Å². The molecule has 1 aliphatic heterocycles. The van der Waals surface area contributed by atoms with Crippen LogP contribution in [0, 0.1) is 0 Å². The zero-order valence-electron chi connectivity index (χ0n) is 26.2. The molecule has 0 bridgehead atoms. The standard InChI is InChI=1S/C44H26N4O/c1-2-11-26(12-3-1)47-35-19-8-4-13-28(35)29-16-10-15-27(42(29)47)25-21-22-36-31(23-25)40-39-30-14-5-9-20-37(30)49-38(39)24-32-41-44(48(36)43(32)40)46-34-18-7-6-17-33(34)45-41/h1-24,33,45H. The van der Waals surface area contributed by atoms with Crippen molar-refractivity contribution in [1.29, 1.82) is 0 Å². The molecule has 2 aliphatic rings. The maximum atomic E-state index is 6.58. The molecular formula is C44H26N4O. The maximum Gasteiger partial charge on any atom is 0.162 e. The molecule has 4 aromatic heterocycles. The first kappa shape index (κ1) is 25.5. The molecule has 6 aromatic carbocycles. The third kappa shape index (κ3) is 3.22. The van der Waals surface area contributed by atoms with Crippen molar-refractivity contribution in [3.05, 3.63) is 146 Å². The number of furan rings is 1. The summed E-state index contributed by atoms with van der Waals surface area (Å²) in [6.45, 7) is 0. The number of nitrogens with one attached hydrogen (secondary N) is 1. The smallest absolute Gasteiger partial charge is 0.162 e. The van der Waals surface area contributed by atoms with E-state index in [0.717, 1.165) is 55.7 Å². The molecule has 5 nitrogen and oxygen atoms in total. The van der Waals surface area contributed by atoms with Gasteiger partial charge in [-0.25, -0.2) is 4.99 Å². The van der Waals surface area contributed by atoms with Crippen LogP contribution in [-0.4, -0.2) is 20.7 Å². The third-order valence-corrected chi connectivity index (χ3v) is 10.6. The minimum absolute atomic E-state index is 0.0458. The van der Waals surface area contributed by atoms with Crippen LogP contribution in [0.1, 0.15) is 0 Å². The quantitative estimate of drug-likeness (QED) is 0.208. The van der Waals surface area contributed by atoms with E-state index in [4.69, 9.17) is 9.41 Å². The van der Waals surface area contributed by atoms with E-state index in [-0.39, 0.29) is 6.04 Å². The van der Waals surface area contributed by atoms with Crippen molar-refractivity contribution in [3.63, 3.8) is 0 Å². The SMILES string of the molecule is C1=CC2=Nc3c(c4cc5oc6ccccc6c5c5c6cc(-c7cccc8c9ccccc9n(-c9ccccc9)c78)ccc6n3c45)NC2C=C1. The van der Waals surface area contributed by atoms with Gasteiger partial charge in [-0.1, -0.05) is 97.1 Å². The highest BCUT2D eigenvalue weighted by molar-refractivity contribution is 6.34. The molecule has 228 valence electrons. The van der Waals surface area contributed by atoms with Gasteiger partial charge >= 0.3 is 0 Å². The number of anilines is 1. The Kier molecular flexibility index (Phi) is 4.71. The van der Waals surface area contributed by atoms with E-state index in [1.165, 1.54) is 49.2 Å². The van der Waals surface area contributed by atoms with Crippen molar-refractivity contribution in [2.45, 2.75) is 6.04 Å². The Morgan fingerprint density at radius 1 is 0.612 bits per heavy atom. The summed E-state index contributed by atoms with van der Waals surface area (Å²) in [7, 11) is 0. The summed E-state index contributed by atoms with van der Waals surface area (Å²) in [5.41, 5.74) is 12.1. The Balaban J connectivity index is 1.23. The van der Waals surface area contributed by atoms with Crippen LogP contribution in [0.3, 0.4) is 0 Å². The first-order valence-electron chi connectivity index (χ1n) is 16.8. The molecule has 1 unspecified atom stereocenters. The lowest BCUT2D eigenvalue weighted by molar-refractivity contribution is 0.669. The number of aliphatic imine (C=N–C) groups is 1. The number of nitrogens with zero attached hydrogens (tertiary/aromatic N) is 3. The summed E-state index contributed by atoms with van der Waals surface area (Å²) in [6, 6.07) is 43.8. The van der Waals surface area contributed by atoms with Crippen molar-refractivity contribution in [2.75, 3.05) is 5.32 Å². The molecule has 5 heterocycles. The summed E-state index contributed by atoms with van der Waals surface area (Å²) in [5.74, 6) is 0.942. The van der Waals surface area contributed by atoms with Crippen LogP contribution in [-0.2, 0) is 0 Å². The summed E-state index contributed by atoms with van der Waals surface area (Å²) in [5, 5.41) is 12.1. The van der Waals surface area contributed by atoms with Crippen LogP contribution in [0.25, 0.3) is 87.8 Å². The molecule has 5 heteroatoms. The molecule has 0 fully saturated rings. The predicted molar refractivity (Wildman–Crippen MR) is 203 cm³/mol. The van der Waals surface area contributed by atoms with Crippen molar-refractivity contribution in [3.8, 4) is 16.8 Å². The predicted octanol–water partition coefficient (Wildman–Crippen LogP) is 11.3. The molecule has 0 radical (unpaired) electrons. The van der Waals surface area contributed by atoms with Gasteiger partial charge in [0.1, 0.15) is 11.2 Å². The van der Waals surface area contributed by atoms with E-state index < -0.39 is 0 Å². The first-order valence-corrected chi connectivity index (χ1v) is 16.8. The molecule has 1 aliphatic carbocycles. The second kappa shape index (κ2) is 9.06. The number of allylic oxidation sites excluding steroid dienone is 2. The van der Waals surface area contributed by atoms with Crippen LogP contribution in [0.5, 0.6) is 0 Å². The van der Waals surface area contributed by atoms with Crippen molar-refractivity contribution < 1.29 is 4.42 Å². The van der Waals surface area contributed by atoms with Gasteiger partial charge in [-0.3, -0.25) is 4.40 Å².